The van der Waals surface area contributed by atoms with Gasteiger partial charge in [-0.2, -0.15) is 0 Å². The fraction of sp³-hybridized carbons (Fsp3) is 0.318. The lowest BCUT2D eigenvalue weighted by Gasteiger charge is -2.32. The molecule has 4 rings (SSSR count). The number of aryl methyl sites for hydroxylation is 1. The van der Waals surface area contributed by atoms with E-state index in [1.165, 1.54) is 0 Å². The summed E-state index contributed by atoms with van der Waals surface area (Å²) < 4.78 is 0. The monoisotopic (exact) mass is 420 g/mol. The second-order valence-corrected chi connectivity index (χ2v) is 8.42. The number of likely N-dealkylation sites (tertiary alicyclic amines) is 1. The number of piperidine rings is 1. The SMILES string of the molecule is Cc1nc(/C=C/C(=O)N2CCC[C@H](Cc3cc(Nc4ccccn4)ncn3)C2)cs1. The van der Waals surface area contributed by atoms with Gasteiger partial charge in [0, 0.05) is 42.5 Å². The topological polar surface area (TPSA) is 83.9 Å². The van der Waals surface area contributed by atoms with Crippen molar-refractivity contribution in [1.29, 1.82) is 0 Å². The van der Waals surface area contributed by atoms with E-state index in [0.717, 1.165) is 60.4 Å². The highest BCUT2D eigenvalue weighted by Gasteiger charge is 2.23. The maximum absolute atomic E-state index is 12.6. The lowest BCUT2D eigenvalue weighted by molar-refractivity contribution is -0.127. The second-order valence-electron chi connectivity index (χ2n) is 7.36. The van der Waals surface area contributed by atoms with Crippen LogP contribution in [0.3, 0.4) is 0 Å². The van der Waals surface area contributed by atoms with E-state index in [9.17, 15) is 4.79 Å². The van der Waals surface area contributed by atoms with Gasteiger partial charge in [-0.1, -0.05) is 6.07 Å². The van der Waals surface area contributed by atoms with E-state index < -0.39 is 0 Å². The number of rotatable bonds is 6. The Morgan fingerprint density at radius 1 is 1.30 bits per heavy atom. The summed E-state index contributed by atoms with van der Waals surface area (Å²) in [6.07, 6.45) is 9.66. The number of hydrogen-bond donors (Lipinski definition) is 1. The Hall–Kier alpha value is -3.13. The molecule has 30 heavy (non-hydrogen) atoms. The van der Waals surface area contributed by atoms with Crippen LogP contribution in [0.4, 0.5) is 11.6 Å². The van der Waals surface area contributed by atoms with Crippen LogP contribution in [-0.4, -0.2) is 43.8 Å². The van der Waals surface area contributed by atoms with Gasteiger partial charge in [0.05, 0.1) is 10.7 Å². The number of carbonyl (C=O) groups is 1. The smallest absolute Gasteiger partial charge is 0.246 e. The number of thiazole rings is 1. The van der Waals surface area contributed by atoms with Crippen LogP contribution in [-0.2, 0) is 11.2 Å². The molecule has 1 atom stereocenters. The maximum Gasteiger partial charge on any atom is 0.246 e. The fourth-order valence-electron chi connectivity index (χ4n) is 3.59. The summed E-state index contributed by atoms with van der Waals surface area (Å²) in [7, 11) is 0. The van der Waals surface area contributed by atoms with Crippen molar-refractivity contribution in [2.75, 3.05) is 18.4 Å². The Labute approximate surface area is 179 Å². The Balaban J connectivity index is 1.35. The predicted molar refractivity (Wildman–Crippen MR) is 118 cm³/mol. The Bertz CT molecular complexity index is 1020. The minimum atomic E-state index is 0.0468. The van der Waals surface area contributed by atoms with Crippen LogP contribution >= 0.6 is 11.3 Å². The zero-order valence-corrected chi connectivity index (χ0v) is 17.7. The van der Waals surface area contributed by atoms with E-state index in [1.54, 1.807) is 36.0 Å². The summed E-state index contributed by atoms with van der Waals surface area (Å²) in [6.45, 7) is 3.50. The lowest BCUT2D eigenvalue weighted by atomic mass is 9.93. The molecule has 0 radical (unpaired) electrons. The molecule has 154 valence electrons. The Morgan fingerprint density at radius 2 is 2.23 bits per heavy atom. The van der Waals surface area contributed by atoms with Gasteiger partial charge in [0.2, 0.25) is 5.91 Å². The van der Waals surface area contributed by atoms with Gasteiger partial charge in [-0.3, -0.25) is 4.79 Å². The van der Waals surface area contributed by atoms with Crippen molar-refractivity contribution >= 4 is 35.0 Å². The summed E-state index contributed by atoms with van der Waals surface area (Å²) >= 11 is 1.59. The predicted octanol–water partition coefficient (Wildman–Crippen LogP) is 3.87. The van der Waals surface area contributed by atoms with Crippen molar-refractivity contribution in [2.24, 2.45) is 5.92 Å². The molecule has 0 aromatic carbocycles. The van der Waals surface area contributed by atoms with Crippen molar-refractivity contribution in [3.05, 3.63) is 64.6 Å². The standard InChI is InChI=1S/C22H24N6OS/c1-16-26-18(14-30-16)7-8-22(29)28-10-4-5-17(13-28)11-19-12-21(25-15-24-19)27-20-6-2-3-9-23-20/h2-3,6-9,12,14-15,17H,4-5,10-11,13H2,1H3,(H,23,24,25,27)/b8-7+/t17-/m1/s1. The van der Waals surface area contributed by atoms with E-state index in [4.69, 9.17) is 0 Å². The molecule has 3 aromatic heterocycles. The number of aromatic nitrogens is 4. The van der Waals surface area contributed by atoms with E-state index in [0.29, 0.717) is 5.92 Å². The summed E-state index contributed by atoms with van der Waals surface area (Å²) in [6, 6.07) is 7.65. The van der Waals surface area contributed by atoms with Crippen LogP contribution in [0.15, 0.2) is 48.2 Å². The van der Waals surface area contributed by atoms with Crippen molar-refractivity contribution in [3.8, 4) is 0 Å². The van der Waals surface area contributed by atoms with Gasteiger partial charge in [0.15, 0.2) is 0 Å². The average Bonchev–Trinajstić information content (AvgIpc) is 3.18. The molecule has 1 aliphatic rings. The highest BCUT2D eigenvalue weighted by molar-refractivity contribution is 7.09. The molecule has 4 heterocycles. The van der Waals surface area contributed by atoms with Gasteiger partial charge in [-0.05, 0) is 50.3 Å². The van der Waals surface area contributed by atoms with Crippen molar-refractivity contribution in [1.82, 2.24) is 24.8 Å². The fourth-order valence-corrected chi connectivity index (χ4v) is 4.17. The molecule has 1 fully saturated rings. The number of pyridine rings is 1. The second kappa shape index (κ2) is 9.58. The molecule has 7 nitrogen and oxygen atoms in total. The molecule has 0 spiro atoms. The number of carbonyl (C=O) groups excluding carboxylic acids is 1. The minimum Gasteiger partial charge on any atom is -0.339 e. The van der Waals surface area contributed by atoms with Crippen LogP contribution in [0.1, 0.15) is 29.2 Å². The zero-order chi connectivity index (χ0) is 20.8. The minimum absolute atomic E-state index is 0.0468. The number of nitrogens with one attached hydrogen (secondary N) is 1. The molecule has 1 aliphatic heterocycles. The average molecular weight is 421 g/mol. The highest BCUT2D eigenvalue weighted by Crippen LogP contribution is 2.22. The Morgan fingerprint density at radius 3 is 3.03 bits per heavy atom. The molecule has 0 aliphatic carbocycles. The largest absolute Gasteiger partial charge is 0.339 e. The van der Waals surface area contributed by atoms with Crippen molar-refractivity contribution < 1.29 is 4.79 Å². The number of anilines is 2. The number of nitrogens with zero attached hydrogens (tertiary/aromatic N) is 5. The third-order valence-corrected chi connectivity index (χ3v) is 5.80. The number of hydrogen-bond acceptors (Lipinski definition) is 7. The molecule has 8 heteroatoms. The van der Waals surface area contributed by atoms with E-state index >= 15 is 0 Å². The van der Waals surface area contributed by atoms with Crippen LogP contribution in [0.5, 0.6) is 0 Å². The summed E-state index contributed by atoms with van der Waals surface area (Å²) in [5.74, 6) is 1.91. The number of amides is 1. The van der Waals surface area contributed by atoms with Crippen molar-refractivity contribution in [3.63, 3.8) is 0 Å². The molecular weight excluding hydrogens is 396 g/mol. The van der Waals surface area contributed by atoms with Crippen LogP contribution in [0, 0.1) is 12.8 Å². The first-order valence-electron chi connectivity index (χ1n) is 10.0. The van der Waals surface area contributed by atoms with Gasteiger partial charge in [0.25, 0.3) is 0 Å². The molecule has 0 saturated carbocycles. The van der Waals surface area contributed by atoms with Crippen LogP contribution in [0.25, 0.3) is 6.08 Å². The van der Waals surface area contributed by atoms with Gasteiger partial charge in [-0.15, -0.1) is 11.3 Å². The first-order chi connectivity index (χ1) is 14.7. The molecule has 1 saturated heterocycles. The Kier molecular flexibility index (Phi) is 6.44. The van der Waals surface area contributed by atoms with Crippen LogP contribution < -0.4 is 5.32 Å². The van der Waals surface area contributed by atoms with Gasteiger partial charge >= 0.3 is 0 Å². The maximum atomic E-state index is 12.6. The van der Waals surface area contributed by atoms with Gasteiger partial charge in [-0.25, -0.2) is 19.9 Å². The van der Waals surface area contributed by atoms with Gasteiger partial charge < -0.3 is 10.2 Å². The van der Waals surface area contributed by atoms with Crippen molar-refractivity contribution in [2.45, 2.75) is 26.2 Å². The zero-order valence-electron chi connectivity index (χ0n) is 16.9. The van der Waals surface area contributed by atoms with E-state index in [-0.39, 0.29) is 5.91 Å². The molecule has 0 bridgehead atoms. The normalized spacial score (nSPS) is 16.7. The molecule has 0 unspecified atom stereocenters. The third-order valence-electron chi connectivity index (χ3n) is 5.01. The first-order valence-corrected chi connectivity index (χ1v) is 10.9. The third kappa shape index (κ3) is 5.48. The van der Waals surface area contributed by atoms with Crippen LogP contribution in [0.2, 0.25) is 0 Å². The van der Waals surface area contributed by atoms with E-state index in [2.05, 4.69) is 25.3 Å². The molecule has 1 N–H and O–H groups in total. The van der Waals surface area contributed by atoms with E-state index in [1.807, 2.05) is 41.5 Å². The summed E-state index contributed by atoms with van der Waals surface area (Å²) in [5, 5.41) is 6.17. The quantitative estimate of drug-likeness (QED) is 0.610. The first kappa shape index (κ1) is 20.2. The molecule has 3 aromatic rings. The molecule has 1 amide bonds. The summed E-state index contributed by atoms with van der Waals surface area (Å²) in [4.78, 5) is 31.9. The lowest BCUT2D eigenvalue weighted by Crippen LogP contribution is -2.39. The van der Waals surface area contributed by atoms with Gasteiger partial charge in [0.1, 0.15) is 18.0 Å². The summed E-state index contributed by atoms with van der Waals surface area (Å²) in [5.41, 5.74) is 1.81. The molecular formula is C22H24N6OS. The highest BCUT2D eigenvalue weighted by atomic mass is 32.1.